The number of amidine groups is 1. The van der Waals surface area contributed by atoms with E-state index in [2.05, 4.69) is 15.5 Å². The minimum absolute atomic E-state index is 0.285. The lowest BCUT2D eigenvalue weighted by Gasteiger charge is -2.15. The Morgan fingerprint density at radius 3 is 2.48 bits per heavy atom. The van der Waals surface area contributed by atoms with Crippen LogP contribution in [-0.2, 0) is 6.54 Å². The molecule has 7 heteroatoms. The van der Waals surface area contributed by atoms with E-state index >= 15 is 0 Å². The summed E-state index contributed by atoms with van der Waals surface area (Å²) in [6, 6.07) is 9.80. The molecular weight excluding hydrogens is 323 g/mol. The Morgan fingerprint density at radius 1 is 1.04 bits per heavy atom. The first-order valence-electron chi connectivity index (χ1n) is 6.81. The van der Waals surface area contributed by atoms with Crippen molar-refractivity contribution >= 4 is 22.6 Å². The fourth-order valence-corrected chi connectivity index (χ4v) is 2.74. The van der Waals surface area contributed by atoms with Crippen LogP contribution in [0.15, 0.2) is 52.6 Å². The number of thioether (sulfide) groups is 1. The van der Waals surface area contributed by atoms with Crippen molar-refractivity contribution < 1.29 is 13.2 Å². The topological polar surface area (TPSA) is 36.8 Å². The van der Waals surface area contributed by atoms with Gasteiger partial charge in [0.25, 0.3) is 0 Å². The first kappa shape index (κ1) is 15.6. The molecule has 0 bridgehead atoms. The molecule has 0 atom stereocenters. The number of benzene rings is 2. The standard InChI is InChI=1S/C16H12F3N3S/c17-12-4-1-10(2-5-12)8-20-16-22-21-15(9-23-16)11-3-6-13(18)14(19)7-11/h1-7H,8-9H2,(H,20,22). The van der Waals surface area contributed by atoms with Crippen LogP contribution in [0.2, 0.25) is 0 Å². The van der Waals surface area contributed by atoms with Crippen molar-refractivity contribution in [3.05, 3.63) is 71.0 Å². The van der Waals surface area contributed by atoms with E-state index in [1.807, 2.05) is 0 Å². The first-order valence-corrected chi connectivity index (χ1v) is 7.80. The monoisotopic (exact) mass is 335 g/mol. The van der Waals surface area contributed by atoms with Gasteiger partial charge < -0.3 is 0 Å². The van der Waals surface area contributed by atoms with Gasteiger partial charge in [-0.15, -0.1) is 0 Å². The minimum atomic E-state index is -0.897. The molecule has 1 N–H and O–H groups in total. The molecule has 0 saturated carbocycles. The molecule has 0 amide bonds. The van der Waals surface area contributed by atoms with E-state index in [4.69, 9.17) is 0 Å². The zero-order valence-corrected chi connectivity index (χ0v) is 12.7. The molecular formula is C16H12F3N3S. The molecule has 0 aromatic heterocycles. The molecule has 3 nitrogen and oxygen atoms in total. The summed E-state index contributed by atoms with van der Waals surface area (Å²) in [5.74, 6) is -1.56. The molecule has 0 radical (unpaired) electrons. The maximum Gasteiger partial charge on any atom is 0.177 e. The first-order chi connectivity index (χ1) is 11.1. The molecule has 1 aliphatic heterocycles. The van der Waals surface area contributed by atoms with Gasteiger partial charge in [-0.3, -0.25) is 10.4 Å². The third kappa shape index (κ3) is 3.92. The lowest BCUT2D eigenvalue weighted by atomic mass is 10.1. The Labute approximate surface area is 135 Å². The van der Waals surface area contributed by atoms with E-state index in [-0.39, 0.29) is 5.82 Å². The van der Waals surface area contributed by atoms with Crippen molar-refractivity contribution in [3.63, 3.8) is 0 Å². The van der Waals surface area contributed by atoms with Crippen molar-refractivity contribution in [3.8, 4) is 0 Å². The summed E-state index contributed by atoms with van der Waals surface area (Å²) in [5.41, 5.74) is 4.83. The molecule has 0 unspecified atom stereocenters. The Bertz CT molecular complexity index is 773. The summed E-state index contributed by atoms with van der Waals surface area (Å²) in [4.78, 5) is 4.35. The molecule has 1 aliphatic rings. The van der Waals surface area contributed by atoms with Gasteiger partial charge in [-0.25, -0.2) is 13.2 Å². The van der Waals surface area contributed by atoms with Crippen LogP contribution in [0.5, 0.6) is 0 Å². The highest BCUT2D eigenvalue weighted by Crippen LogP contribution is 2.16. The number of nitrogens with one attached hydrogen (secondary N) is 1. The number of halogens is 3. The number of nitrogens with zero attached hydrogens (tertiary/aromatic N) is 2. The van der Waals surface area contributed by atoms with Gasteiger partial charge in [0.05, 0.1) is 12.3 Å². The highest BCUT2D eigenvalue weighted by atomic mass is 32.2. The normalized spacial score (nSPS) is 16.1. The molecule has 23 heavy (non-hydrogen) atoms. The Hall–Kier alpha value is -2.28. The summed E-state index contributed by atoms with van der Waals surface area (Å²) < 4.78 is 39.0. The van der Waals surface area contributed by atoms with Crippen LogP contribution in [0.4, 0.5) is 13.2 Å². The van der Waals surface area contributed by atoms with Crippen molar-refractivity contribution in [2.45, 2.75) is 6.54 Å². The molecule has 0 fully saturated rings. The van der Waals surface area contributed by atoms with Crippen LogP contribution < -0.4 is 5.43 Å². The molecule has 0 spiro atoms. The van der Waals surface area contributed by atoms with Crippen molar-refractivity contribution in [2.24, 2.45) is 10.1 Å². The molecule has 118 valence electrons. The predicted molar refractivity (Wildman–Crippen MR) is 86.0 cm³/mol. The SMILES string of the molecule is Fc1ccc(CN=C2NN=C(c3ccc(F)c(F)c3)CS2)cc1. The third-order valence-corrected chi connectivity index (χ3v) is 4.12. The molecule has 2 aromatic rings. The van der Waals surface area contributed by atoms with Crippen LogP contribution in [0.3, 0.4) is 0 Å². The molecule has 0 aliphatic carbocycles. The van der Waals surface area contributed by atoms with E-state index in [9.17, 15) is 13.2 Å². The summed E-state index contributed by atoms with van der Waals surface area (Å²) in [5, 5.41) is 4.77. The minimum Gasteiger partial charge on any atom is -0.256 e. The number of hydrazone groups is 1. The van der Waals surface area contributed by atoms with Crippen molar-refractivity contribution in [1.29, 1.82) is 0 Å². The fraction of sp³-hybridized carbons (Fsp3) is 0.125. The van der Waals surface area contributed by atoms with E-state index in [1.54, 1.807) is 12.1 Å². The summed E-state index contributed by atoms with van der Waals surface area (Å²) >= 11 is 1.42. The van der Waals surface area contributed by atoms with Crippen LogP contribution >= 0.6 is 11.8 Å². The second-order valence-corrected chi connectivity index (χ2v) is 5.80. The average molecular weight is 335 g/mol. The largest absolute Gasteiger partial charge is 0.256 e. The van der Waals surface area contributed by atoms with Crippen molar-refractivity contribution in [2.75, 3.05) is 5.75 Å². The van der Waals surface area contributed by atoms with E-state index in [0.29, 0.717) is 28.7 Å². The van der Waals surface area contributed by atoms with Crippen LogP contribution in [0, 0.1) is 17.5 Å². The Kier molecular flexibility index (Phi) is 4.66. The highest BCUT2D eigenvalue weighted by Gasteiger charge is 2.14. The smallest absolute Gasteiger partial charge is 0.177 e. The molecule has 0 saturated heterocycles. The maximum absolute atomic E-state index is 13.2. The second kappa shape index (κ2) is 6.87. The highest BCUT2D eigenvalue weighted by molar-refractivity contribution is 8.14. The van der Waals surface area contributed by atoms with Gasteiger partial charge in [0.1, 0.15) is 5.82 Å². The lowest BCUT2D eigenvalue weighted by Crippen LogP contribution is -2.25. The second-order valence-electron chi connectivity index (χ2n) is 4.84. The number of rotatable bonds is 3. The van der Waals surface area contributed by atoms with Gasteiger partial charge in [0.15, 0.2) is 16.8 Å². The number of hydrogen-bond acceptors (Lipinski definition) is 3. The molecule has 3 rings (SSSR count). The predicted octanol–water partition coefficient (Wildman–Crippen LogP) is 3.70. The number of aliphatic imine (C=N–C) groups is 1. The Balaban J connectivity index is 1.66. The average Bonchev–Trinajstić information content (AvgIpc) is 2.57. The van der Waals surface area contributed by atoms with E-state index < -0.39 is 11.6 Å². The van der Waals surface area contributed by atoms with Gasteiger partial charge in [-0.05, 0) is 35.9 Å². The van der Waals surface area contributed by atoms with Gasteiger partial charge in [-0.2, -0.15) is 5.10 Å². The maximum atomic E-state index is 13.2. The van der Waals surface area contributed by atoms with Crippen molar-refractivity contribution in [1.82, 2.24) is 5.43 Å². The molecule has 2 aromatic carbocycles. The summed E-state index contributed by atoms with van der Waals surface area (Å²) in [6.07, 6.45) is 0. The van der Waals surface area contributed by atoms with Gasteiger partial charge in [0, 0.05) is 11.3 Å². The van der Waals surface area contributed by atoms with Gasteiger partial charge >= 0.3 is 0 Å². The van der Waals surface area contributed by atoms with Gasteiger partial charge in [0.2, 0.25) is 0 Å². The fourth-order valence-electron chi connectivity index (χ4n) is 1.97. The zero-order valence-electron chi connectivity index (χ0n) is 11.9. The zero-order chi connectivity index (χ0) is 16.2. The lowest BCUT2D eigenvalue weighted by molar-refractivity contribution is 0.508. The van der Waals surface area contributed by atoms with Crippen LogP contribution in [-0.4, -0.2) is 16.6 Å². The Morgan fingerprint density at radius 2 is 1.83 bits per heavy atom. The number of hydrogen-bond donors (Lipinski definition) is 1. The third-order valence-electron chi connectivity index (χ3n) is 3.20. The molecule has 1 heterocycles. The van der Waals surface area contributed by atoms with E-state index in [0.717, 1.165) is 17.7 Å². The van der Waals surface area contributed by atoms with Gasteiger partial charge in [-0.1, -0.05) is 23.9 Å². The quantitative estimate of drug-likeness (QED) is 0.928. The van der Waals surface area contributed by atoms with Crippen LogP contribution in [0.25, 0.3) is 0 Å². The van der Waals surface area contributed by atoms with Crippen LogP contribution in [0.1, 0.15) is 11.1 Å². The van der Waals surface area contributed by atoms with E-state index in [1.165, 1.54) is 30.0 Å². The summed E-state index contributed by atoms with van der Waals surface area (Å²) in [6.45, 7) is 0.408. The summed E-state index contributed by atoms with van der Waals surface area (Å²) in [7, 11) is 0.